The molecule has 1 aliphatic rings. The SMILES string of the molecule is Cc1ccc(CNC(=O)CN2C(=O)CC(c3cccs3)=Nc3cc(C)c(C)cc32)cc1. The van der Waals surface area contributed by atoms with E-state index in [9.17, 15) is 9.59 Å². The van der Waals surface area contributed by atoms with Gasteiger partial charge in [-0.1, -0.05) is 35.9 Å². The molecule has 0 fully saturated rings. The average Bonchev–Trinajstić information content (AvgIpc) is 3.24. The predicted octanol–water partition coefficient (Wildman–Crippen LogP) is 4.85. The molecule has 0 spiro atoms. The van der Waals surface area contributed by atoms with Crippen LogP contribution in [-0.2, 0) is 16.1 Å². The quantitative estimate of drug-likeness (QED) is 0.628. The maximum atomic E-state index is 13.2. The Morgan fingerprint density at radius 2 is 1.84 bits per heavy atom. The molecule has 0 radical (unpaired) electrons. The van der Waals surface area contributed by atoms with Crippen LogP contribution in [0.1, 0.15) is 33.6 Å². The number of thiophene rings is 1. The molecule has 6 heteroatoms. The van der Waals surface area contributed by atoms with Crippen molar-refractivity contribution in [3.63, 3.8) is 0 Å². The Kier molecular flexibility index (Phi) is 6.00. The van der Waals surface area contributed by atoms with Crippen LogP contribution in [0, 0.1) is 20.8 Å². The molecular weight excluding hydrogens is 406 g/mol. The zero-order valence-corrected chi connectivity index (χ0v) is 18.8. The van der Waals surface area contributed by atoms with E-state index >= 15 is 0 Å². The van der Waals surface area contributed by atoms with Crippen molar-refractivity contribution in [3.8, 4) is 0 Å². The number of carbonyl (C=O) groups excluding carboxylic acids is 2. The molecule has 1 aromatic heterocycles. The van der Waals surface area contributed by atoms with Crippen molar-refractivity contribution in [1.29, 1.82) is 0 Å². The Morgan fingerprint density at radius 3 is 2.55 bits per heavy atom. The third kappa shape index (κ3) is 4.75. The first-order valence-corrected chi connectivity index (χ1v) is 11.1. The van der Waals surface area contributed by atoms with Crippen LogP contribution in [0.15, 0.2) is 58.9 Å². The number of benzene rings is 2. The van der Waals surface area contributed by atoms with Gasteiger partial charge in [-0.2, -0.15) is 0 Å². The number of anilines is 1. The summed E-state index contributed by atoms with van der Waals surface area (Å²) in [7, 11) is 0. The molecule has 0 saturated carbocycles. The van der Waals surface area contributed by atoms with E-state index in [1.807, 2.05) is 74.7 Å². The highest BCUT2D eigenvalue weighted by molar-refractivity contribution is 7.12. The molecule has 0 bridgehead atoms. The van der Waals surface area contributed by atoms with E-state index in [2.05, 4.69) is 5.32 Å². The van der Waals surface area contributed by atoms with E-state index in [-0.39, 0.29) is 24.8 Å². The lowest BCUT2D eigenvalue weighted by atomic mass is 10.1. The first-order valence-electron chi connectivity index (χ1n) is 10.3. The lowest BCUT2D eigenvalue weighted by molar-refractivity contribution is -0.123. The summed E-state index contributed by atoms with van der Waals surface area (Å²) in [5.74, 6) is -0.322. The molecule has 2 heterocycles. The molecule has 2 amide bonds. The number of rotatable bonds is 5. The highest BCUT2D eigenvalue weighted by Gasteiger charge is 2.27. The van der Waals surface area contributed by atoms with Crippen LogP contribution in [0.3, 0.4) is 0 Å². The number of amides is 2. The first-order chi connectivity index (χ1) is 14.9. The highest BCUT2D eigenvalue weighted by atomic mass is 32.1. The highest BCUT2D eigenvalue weighted by Crippen LogP contribution is 2.36. The number of carbonyl (C=O) groups is 2. The second kappa shape index (κ2) is 8.86. The average molecular weight is 432 g/mol. The fourth-order valence-corrected chi connectivity index (χ4v) is 4.23. The number of hydrogen-bond donors (Lipinski definition) is 1. The van der Waals surface area contributed by atoms with Gasteiger partial charge in [-0.15, -0.1) is 11.3 Å². The predicted molar refractivity (Wildman–Crippen MR) is 126 cm³/mol. The molecule has 0 unspecified atom stereocenters. The summed E-state index contributed by atoms with van der Waals surface area (Å²) >= 11 is 1.56. The van der Waals surface area contributed by atoms with Gasteiger partial charge in [-0.3, -0.25) is 9.59 Å². The molecule has 0 saturated heterocycles. The standard InChI is InChI=1S/C25H25N3O2S/c1-16-6-8-19(9-7-16)14-26-24(29)15-28-22-12-18(3)17(2)11-20(22)27-21(13-25(28)30)23-5-4-10-31-23/h4-12H,13-15H2,1-3H3,(H,26,29). The summed E-state index contributed by atoms with van der Waals surface area (Å²) in [6.07, 6.45) is 0.165. The smallest absolute Gasteiger partial charge is 0.240 e. The van der Waals surface area contributed by atoms with Crippen molar-refractivity contribution < 1.29 is 9.59 Å². The van der Waals surface area contributed by atoms with Crippen molar-refractivity contribution in [2.24, 2.45) is 4.99 Å². The Bertz CT molecular complexity index is 1150. The number of fused-ring (bicyclic) bond motifs is 1. The van der Waals surface area contributed by atoms with Gasteiger partial charge in [0.05, 0.1) is 23.5 Å². The van der Waals surface area contributed by atoms with Gasteiger partial charge < -0.3 is 10.2 Å². The fourth-order valence-electron chi connectivity index (χ4n) is 3.51. The first kappa shape index (κ1) is 21.0. The fraction of sp³-hybridized carbons (Fsp3) is 0.240. The molecule has 5 nitrogen and oxygen atoms in total. The molecule has 1 N–H and O–H groups in total. The van der Waals surface area contributed by atoms with Crippen LogP contribution in [-0.4, -0.2) is 24.1 Å². The second-order valence-electron chi connectivity index (χ2n) is 7.88. The summed E-state index contributed by atoms with van der Waals surface area (Å²) < 4.78 is 0. The summed E-state index contributed by atoms with van der Waals surface area (Å²) in [6.45, 7) is 6.46. The molecule has 0 atom stereocenters. The van der Waals surface area contributed by atoms with Crippen molar-refractivity contribution in [3.05, 3.63) is 81.0 Å². The number of aryl methyl sites for hydroxylation is 3. The van der Waals surface area contributed by atoms with Crippen molar-refractivity contribution in [1.82, 2.24) is 5.32 Å². The zero-order valence-electron chi connectivity index (χ0n) is 17.9. The van der Waals surface area contributed by atoms with E-state index in [0.29, 0.717) is 12.2 Å². The largest absolute Gasteiger partial charge is 0.350 e. The van der Waals surface area contributed by atoms with Crippen molar-refractivity contribution in [2.45, 2.75) is 33.7 Å². The van der Waals surface area contributed by atoms with Crippen LogP contribution in [0.2, 0.25) is 0 Å². The molecule has 0 aliphatic carbocycles. The minimum atomic E-state index is -0.197. The van der Waals surface area contributed by atoms with Crippen LogP contribution < -0.4 is 10.2 Å². The summed E-state index contributed by atoms with van der Waals surface area (Å²) in [5, 5.41) is 4.91. The van der Waals surface area contributed by atoms with Gasteiger partial charge in [0, 0.05) is 11.4 Å². The van der Waals surface area contributed by atoms with Crippen LogP contribution >= 0.6 is 11.3 Å². The van der Waals surface area contributed by atoms with Crippen molar-refractivity contribution in [2.75, 3.05) is 11.4 Å². The Balaban J connectivity index is 1.58. The molecule has 158 valence electrons. The third-order valence-corrected chi connectivity index (χ3v) is 6.39. The second-order valence-corrected chi connectivity index (χ2v) is 8.83. The molecule has 4 rings (SSSR count). The Hall–Kier alpha value is -3.25. The molecule has 1 aliphatic heterocycles. The number of aliphatic imine (C=N–C) groups is 1. The number of hydrogen-bond acceptors (Lipinski definition) is 4. The maximum absolute atomic E-state index is 13.2. The molecule has 3 aromatic rings. The van der Waals surface area contributed by atoms with Crippen LogP contribution in [0.5, 0.6) is 0 Å². The van der Waals surface area contributed by atoms with Gasteiger partial charge in [-0.05, 0) is 61.0 Å². The lowest BCUT2D eigenvalue weighted by Crippen LogP contribution is -2.41. The van der Waals surface area contributed by atoms with Gasteiger partial charge in [0.25, 0.3) is 0 Å². The van der Waals surface area contributed by atoms with Gasteiger partial charge in [0.1, 0.15) is 6.54 Å². The van der Waals surface area contributed by atoms with E-state index in [4.69, 9.17) is 4.99 Å². The Morgan fingerprint density at radius 1 is 1.10 bits per heavy atom. The molecular formula is C25H25N3O2S. The molecule has 2 aromatic carbocycles. The normalized spacial score (nSPS) is 13.5. The number of nitrogens with zero attached hydrogens (tertiary/aromatic N) is 2. The summed E-state index contributed by atoms with van der Waals surface area (Å²) in [4.78, 5) is 33.3. The van der Waals surface area contributed by atoms with Gasteiger partial charge >= 0.3 is 0 Å². The minimum absolute atomic E-state index is 0.0343. The van der Waals surface area contributed by atoms with Crippen molar-refractivity contribution >= 4 is 40.2 Å². The topological polar surface area (TPSA) is 61.8 Å². The van der Waals surface area contributed by atoms with Gasteiger partial charge in [0.2, 0.25) is 11.8 Å². The summed E-state index contributed by atoms with van der Waals surface area (Å²) in [5.41, 5.74) is 6.52. The van der Waals surface area contributed by atoms with Gasteiger partial charge in [0.15, 0.2) is 0 Å². The number of nitrogens with one attached hydrogen (secondary N) is 1. The van der Waals surface area contributed by atoms with Crippen LogP contribution in [0.25, 0.3) is 0 Å². The maximum Gasteiger partial charge on any atom is 0.240 e. The minimum Gasteiger partial charge on any atom is -0.350 e. The Labute approximate surface area is 186 Å². The lowest BCUT2D eigenvalue weighted by Gasteiger charge is -2.23. The monoisotopic (exact) mass is 431 g/mol. The van der Waals surface area contributed by atoms with Crippen LogP contribution in [0.4, 0.5) is 11.4 Å². The summed E-state index contributed by atoms with van der Waals surface area (Å²) in [6, 6.07) is 15.9. The van der Waals surface area contributed by atoms with E-state index in [1.54, 1.807) is 16.2 Å². The third-order valence-electron chi connectivity index (χ3n) is 5.47. The molecule has 31 heavy (non-hydrogen) atoms. The van der Waals surface area contributed by atoms with E-state index in [1.165, 1.54) is 5.56 Å². The van der Waals surface area contributed by atoms with Gasteiger partial charge in [-0.25, -0.2) is 4.99 Å². The van der Waals surface area contributed by atoms with E-state index in [0.717, 1.165) is 33.0 Å². The zero-order chi connectivity index (χ0) is 22.0. The van der Waals surface area contributed by atoms with E-state index < -0.39 is 0 Å².